The summed E-state index contributed by atoms with van der Waals surface area (Å²) in [6.45, 7) is 3.17. The Bertz CT molecular complexity index is 1010. The van der Waals surface area contributed by atoms with Gasteiger partial charge in [0.2, 0.25) is 0 Å². The average Bonchev–Trinajstić information content (AvgIpc) is 3.13. The van der Waals surface area contributed by atoms with Gasteiger partial charge in [0.05, 0.1) is 12.7 Å². The molecule has 7 heteroatoms. The zero-order valence-corrected chi connectivity index (χ0v) is 15.1. The van der Waals surface area contributed by atoms with E-state index in [0.717, 1.165) is 11.1 Å². The van der Waals surface area contributed by atoms with E-state index in [-0.39, 0.29) is 11.6 Å². The Kier molecular flexibility index (Phi) is 5.21. The van der Waals surface area contributed by atoms with Crippen molar-refractivity contribution in [2.24, 2.45) is 0 Å². The highest BCUT2D eigenvalue weighted by Gasteiger charge is 2.14. The van der Waals surface area contributed by atoms with Crippen LogP contribution < -0.4 is 9.47 Å². The molecule has 3 rings (SSSR count). The molecule has 2 aromatic carbocycles. The van der Waals surface area contributed by atoms with Crippen LogP contribution in [0.25, 0.3) is 23.1 Å². The van der Waals surface area contributed by atoms with Gasteiger partial charge in [0, 0.05) is 6.92 Å². The van der Waals surface area contributed by atoms with Crippen LogP contribution in [-0.4, -0.2) is 28.3 Å². The second-order valence-corrected chi connectivity index (χ2v) is 5.77. The van der Waals surface area contributed by atoms with Crippen LogP contribution in [0.5, 0.6) is 17.2 Å². The summed E-state index contributed by atoms with van der Waals surface area (Å²) in [7, 11) is 1.50. The number of phenolic OH excluding ortho intramolecular Hbond substituents is 1. The quantitative estimate of drug-likeness (QED) is 0.540. The maximum Gasteiger partial charge on any atom is 0.308 e. The number of carbonyl (C=O) groups is 1. The Balaban J connectivity index is 1.88. The minimum Gasteiger partial charge on any atom is -0.507 e. The highest BCUT2D eigenvalue weighted by molar-refractivity contribution is 5.79. The number of allylic oxidation sites excluding steroid dienone is 1. The minimum atomic E-state index is -0.420. The van der Waals surface area contributed by atoms with Crippen molar-refractivity contribution in [2.75, 3.05) is 7.11 Å². The van der Waals surface area contributed by atoms with Gasteiger partial charge < -0.3 is 19.1 Å². The first-order chi connectivity index (χ1) is 13.0. The molecule has 0 amide bonds. The molecule has 3 aromatic rings. The van der Waals surface area contributed by atoms with E-state index in [1.807, 2.05) is 13.0 Å². The van der Waals surface area contributed by atoms with E-state index in [9.17, 15) is 9.90 Å². The van der Waals surface area contributed by atoms with E-state index >= 15 is 0 Å². The summed E-state index contributed by atoms with van der Waals surface area (Å²) in [6.07, 6.45) is 1.85. The first-order valence-electron chi connectivity index (χ1n) is 8.15. The van der Waals surface area contributed by atoms with Crippen LogP contribution in [0.1, 0.15) is 25.2 Å². The maximum atomic E-state index is 11.1. The van der Waals surface area contributed by atoms with E-state index < -0.39 is 5.97 Å². The molecule has 0 spiro atoms. The van der Waals surface area contributed by atoms with Crippen molar-refractivity contribution in [2.45, 2.75) is 13.8 Å². The number of methoxy groups -OCH3 is 1. The summed E-state index contributed by atoms with van der Waals surface area (Å²) in [6, 6.07) is 11.9. The van der Waals surface area contributed by atoms with Crippen molar-refractivity contribution in [1.82, 2.24) is 10.1 Å². The Morgan fingerprint density at radius 1 is 1.15 bits per heavy atom. The van der Waals surface area contributed by atoms with Gasteiger partial charge in [0.15, 0.2) is 17.3 Å². The van der Waals surface area contributed by atoms with Crippen molar-refractivity contribution < 1.29 is 23.9 Å². The summed E-state index contributed by atoms with van der Waals surface area (Å²) in [5.74, 6) is 1.07. The summed E-state index contributed by atoms with van der Waals surface area (Å²) < 4.78 is 15.6. The largest absolute Gasteiger partial charge is 0.507 e. The molecule has 1 heterocycles. The van der Waals surface area contributed by atoms with E-state index in [2.05, 4.69) is 10.1 Å². The number of hydrogen-bond acceptors (Lipinski definition) is 7. The van der Waals surface area contributed by atoms with Crippen LogP contribution in [0, 0.1) is 0 Å². The molecule has 0 bridgehead atoms. The van der Waals surface area contributed by atoms with Crippen molar-refractivity contribution in [1.29, 1.82) is 0 Å². The van der Waals surface area contributed by atoms with Crippen LogP contribution in [0.4, 0.5) is 0 Å². The summed E-state index contributed by atoms with van der Waals surface area (Å²) in [5, 5.41) is 13.9. The molecule has 0 saturated heterocycles. The number of carbonyl (C=O) groups excluding carboxylic acids is 1. The molecule has 0 radical (unpaired) electrons. The first-order valence-corrected chi connectivity index (χ1v) is 8.15. The molecular formula is C20H18N2O5. The van der Waals surface area contributed by atoms with Gasteiger partial charge in [0.25, 0.3) is 5.89 Å². The van der Waals surface area contributed by atoms with Crippen LogP contribution in [-0.2, 0) is 4.79 Å². The second kappa shape index (κ2) is 7.74. The number of esters is 1. The van der Waals surface area contributed by atoms with Crippen molar-refractivity contribution in [3.05, 3.63) is 53.9 Å². The third-order valence-corrected chi connectivity index (χ3v) is 3.74. The second-order valence-electron chi connectivity index (χ2n) is 5.77. The molecule has 0 unspecified atom stereocenters. The van der Waals surface area contributed by atoms with E-state index in [1.54, 1.807) is 42.5 Å². The minimum absolute atomic E-state index is 0.0696. The van der Waals surface area contributed by atoms with Gasteiger partial charge in [-0.25, -0.2) is 0 Å². The molecule has 0 fully saturated rings. The van der Waals surface area contributed by atoms with Crippen molar-refractivity contribution >= 4 is 17.6 Å². The van der Waals surface area contributed by atoms with E-state index in [0.29, 0.717) is 22.9 Å². The fourth-order valence-corrected chi connectivity index (χ4v) is 2.48. The number of nitrogens with zero attached hydrogens (tertiary/aromatic N) is 2. The molecule has 0 aliphatic rings. The zero-order chi connectivity index (χ0) is 19.4. The van der Waals surface area contributed by atoms with E-state index in [1.165, 1.54) is 14.0 Å². The highest BCUT2D eigenvalue weighted by Crippen LogP contribution is 2.31. The lowest BCUT2D eigenvalue weighted by atomic mass is 10.1. The maximum absolute atomic E-state index is 11.1. The van der Waals surface area contributed by atoms with Crippen molar-refractivity contribution in [3.8, 4) is 28.7 Å². The van der Waals surface area contributed by atoms with Gasteiger partial charge in [-0.2, -0.15) is 4.98 Å². The fraction of sp³-hybridized carbons (Fsp3) is 0.150. The Morgan fingerprint density at radius 2 is 1.93 bits per heavy atom. The van der Waals surface area contributed by atoms with Gasteiger partial charge in [-0.15, -0.1) is 0 Å². The van der Waals surface area contributed by atoms with Gasteiger partial charge in [-0.1, -0.05) is 23.4 Å². The smallest absolute Gasteiger partial charge is 0.308 e. The zero-order valence-electron chi connectivity index (χ0n) is 15.1. The Labute approximate surface area is 155 Å². The SMILES string of the molecule is COc1cc(C=C(C)c2noc(-c3ccccc3O)n2)ccc1OC(C)=O. The number of hydrogen-bond donors (Lipinski definition) is 1. The third-order valence-electron chi connectivity index (χ3n) is 3.74. The summed E-state index contributed by atoms with van der Waals surface area (Å²) in [4.78, 5) is 15.5. The summed E-state index contributed by atoms with van der Waals surface area (Å²) in [5.41, 5.74) is 2.04. The van der Waals surface area contributed by atoms with Crippen LogP contribution in [0.2, 0.25) is 0 Å². The standard InChI is InChI=1S/C20H18N2O5/c1-12(10-14-8-9-17(26-13(2)23)18(11-14)25-3)19-21-20(27-22-19)15-6-4-5-7-16(15)24/h4-11,24H,1-3H3. The molecule has 0 saturated carbocycles. The number of aromatic hydroxyl groups is 1. The van der Waals surface area contributed by atoms with Crippen LogP contribution >= 0.6 is 0 Å². The number of benzene rings is 2. The van der Waals surface area contributed by atoms with Gasteiger partial charge in [-0.3, -0.25) is 4.79 Å². The average molecular weight is 366 g/mol. The number of para-hydroxylation sites is 1. The number of rotatable bonds is 5. The van der Waals surface area contributed by atoms with Gasteiger partial charge in [0.1, 0.15) is 5.75 Å². The number of aromatic nitrogens is 2. The Hall–Kier alpha value is -3.61. The van der Waals surface area contributed by atoms with Gasteiger partial charge in [-0.05, 0) is 48.4 Å². The fourth-order valence-electron chi connectivity index (χ4n) is 2.48. The Morgan fingerprint density at radius 3 is 2.63 bits per heavy atom. The molecular weight excluding hydrogens is 348 g/mol. The topological polar surface area (TPSA) is 94.7 Å². The molecule has 7 nitrogen and oxygen atoms in total. The molecule has 138 valence electrons. The molecule has 27 heavy (non-hydrogen) atoms. The van der Waals surface area contributed by atoms with Crippen LogP contribution in [0.15, 0.2) is 47.0 Å². The highest BCUT2D eigenvalue weighted by atomic mass is 16.6. The monoisotopic (exact) mass is 366 g/mol. The lowest BCUT2D eigenvalue weighted by Crippen LogP contribution is -2.03. The molecule has 1 N–H and O–H groups in total. The lowest BCUT2D eigenvalue weighted by molar-refractivity contribution is -0.132. The van der Waals surface area contributed by atoms with Gasteiger partial charge >= 0.3 is 5.97 Å². The molecule has 1 aromatic heterocycles. The van der Waals surface area contributed by atoms with Crippen LogP contribution in [0.3, 0.4) is 0 Å². The predicted octanol–water partition coefficient (Wildman–Crippen LogP) is 3.94. The normalized spacial score (nSPS) is 11.3. The number of phenols is 1. The van der Waals surface area contributed by atoms with Crippen molar-refractivity contribution in [3.63, 3.8) is 0 Å². The first kappa shape index (κ1) is 18.2. The number of ether oxygens (including phenoxy) is 2. The van der Waals surface area contributed by atoms with E-state index in [4.69, 9.17) is 14.0 Å². The summed E-state index contributed by atoms with van der Waals surface area (Å²) >= 11 is 0. The molecule has 0 aliphatic heterocycles. The third kappa shape index (κ3) is 4.14. The molecule has 0 aliphatic carbocycles. The lowest BCUT2D eigenvalue weighted by Gasteiger charge is -2.08. The molecule has 0 atom stereocenters. The predicted molar refractivity (Wildman–Crippen MR) is 99.2 cm³/mol.